The van der Waals surface area contributed by atoms with Crippen molar-refractivity contribution in [2.24, 2.45) is 0 Å². The van der Waals surface area contributed by atoms with Crippen molar-refractivity contribution in [3.05, 3.63) is 70.5 Å². The maximum atomic E-state index is 13.4. The van der Waals surface area contributed by atoms with Crippen LogP contribution in [0, 0.1) is 5.82 Å². The number of halogens is 1. The maximum absolute atomic E-state index is 13.4. The van der Waals surface area contributed by atoms with Gasteiger partial charge in [0, 0.05) is 22.9 Å². The Hall–Kier alpha value is -2.34. The van der Waals surface area contributed by atoms with Gasteiger partial charge in [-0.1, -0.05) is 6.07 Å². The number of nitrogens with two attached hydrogens (primary N) is 1. The molecule has 106 valence electrons. The molecule has 0 saturated heterocycles. The molecule has 0 radical (unpaired) electrons. The molecular weight excluding hydrogens is 289 g/mol. The molecule has 0 aliphatic carbocycles. The normalized spacial score (nSPS) is 10.9. The molecule has 0 aliphatic heterocycles. The van der Waals surface area contributed by atoms with Gasteiger partial charge in [0.1, 0.15) is 11.5 Å². The number of thioether (sulfide) groups is 1. The Labute approximate surface area is 124 Å². The van der Waals surface area contributed by atoms with Gasteiger partial charge in [-0.25, -0.2) is 9.37 Å². The molecule has 4 nitrogen and oxygen atoms in total. The summed E-state index contributed by atoms with van der Waals surface area (Å²) in [7, 11) is 0. The zero-order valence-corrected chi connectivity index (χ0v) is 11.8. The van der Waals surface area contributed by atoms with Crippen molar-refractivity contribution in [2.45, 2.75) is 10.6 Å². The first-order chi connectivity index (χ1) is 10.1. The molecule has 3 aromatic rings. The molecule has 0 aliphatic rings. The molecule has 6 heteroatoms. The topological polar surface area (TPSA) is 60.4 Å². The highest BCUT2D eigenvalue weighted by Gasteiger charge is 2.05. The van der Waals surface area contributed by atoms with Crippen molar-refractivity contribution in [3.63, 3.8) is 0 Å². The molecule has 0 bridgehead atoms. The minimum Gasteiger partial charge on any atom is -0.396 e. The van der Waals surface area contributed by atoms with E-state index in [1.165, 1.54) is 34.4 Å². The van der Waals surface area contributed by atoms with Crippen LogP contribution in [-0.2, 0) is 5.75 Å². The van der Waals surface area contributed by atoms with Crippen molar-refractivity contribution in [1.29, 1.82) is 0 Å². The average molecular weight is 301 g/mol. The third-order valence-corrected chi connectivity index (χ3v) is 4.01. The van der Waals surface area contributed by atoms with Crippen LogP contribution in [-0.4, -0.2) is 9.38 Å². The maximum Gasteiger partial charge on any atom is 0.258 e. The molecule has 0 saturated carbocycles. The Bertz CT molecular complexity index is 863. The number of aromatic nitrogens is 2. The van der Waals surface area contributed by atoms with Gasteiger partial charge in [0.15, 0.2) is 0 Å². The summed E-state index contributed by atoms with van der Waals surface area (Å²) in [6.45, 7) is 0. The van der Waals surface area contributed by atoms with Crippen molar-refractivity contribution in [3.8, 4) is 0 Å². The van der Waals surface area contributed by atoms with E-state index >= 15 is 0 Å². The highest BCUT2D eigenvalue weighted by Crippen LogP contribution is 2.24. The van der Waals surface area contributed by atoms with Crippen LogP contribution < -0.4 is 11.3 Å². The SMILES string of the molecule is Nc1ccc(SCc2cc(=O)n3ccccc3n2)cc1F. The van der Waals surface area contributed by atoms with E-state index in [1.807, 2.05) is 6.07 Å². The Kier molecular flexibility index (Phi) is 3.62. The number of hydrogen-bond acceptors (Lipinski definition) is 4. The number of pyridine rings is 1. The number of anilines is 1. The minimum atomic E-state index is -0.438. The van der Waals surface area contributed by atoms with Gasteiger partial charge in [0.2, 0.25) is 0 Å². The second kappa shape index (κ2) is 5.57. The summed E-state index contributed by atoms with van der Waals surface area (Å²) in [5.74, 6) is 0.0517. The van der Waals surface area contributed by atoms with E-state index in [9.17, 15) is 9.18 Å². The van der Waals surface area contributed by atoms with Crippen LogP contribution in [0.15, 0.2) is 58.4 Å². The first-order valence-electron chi connectivity index (χ1n) is 6.28. The molecule has 2 heterocycles. The fourth-order valence-corrected chi connectivity index (χ4v) is 2.75. The van der Waals surface area contributed by atoms with Crippen molar-refractivity contribution in [2.75, 3.05) is 5.73 Å². The van der Waals surface area contributed by atoms with Crippen LogP contribution in [0.2, 0.25) is 0 Å². The summed E-state index contributed by atoms with van der Waals surface area (Å²) < 4.78 is 14.9. The molecular formula is C15H12FN3OS. The summed E-state index contributed by atoms with van der Waals surface area (Å²) in [4.78, 5) is 17.1. The van der Waals surface area contributed by atoms with E-state index < -0.39 is 5.82 Å². The quantitative estimate of drug-likeness (QED) is 0.597. The summed E-state index contributed by atoms with van der Waals surface area (Å²) in [6.07, 6.45) is 1.68. The van der Waals surface area contributed by atoms with E-state index in [2.05, 4.69) is 4.98 Å². The number of rotatable bonds is 3. The van der Waals surface area contributed by atoms with Crippen LogP contribution in [0.5, 0.6) is 0 Å². The lowest BCUT2D eigenvalue weighted by Gasteiger charge is -2.05. The lowest BCUT2D eigenvalue weighted by atomic mass is 10.3. The highest BCUT2D eigenvalue weighted by molar-refractivity contribution is 7.98. The van der Waals surface area contributed by atoms with E-state index in [0.717, 1.165) is 4.90 Å². The first-order valence-corrected chi connectivity index (χ1v) is 7.27. The monoisotopic (exact) mass is 301 g/mol. The van der Waals surface area contributed by atoms with E-state index in [-0.39, 0.29) is 11.2 Å². The third-order valence-electron chi connectivity index (χ3n) is 2.98. The minimum absolute atomic E-state index is 0.125. The molecule has 3 rings (SSSR count). The fraction of sp³-hybridized carbons (Fsp3) is 0.0667. The number of hydrogen-bond donors (Lipinski definition) is 1. The molecule has 0 atom stereocenters. The van der Waals surface area contributed by atoms with Crippen LogP contribution in [0.25, 0.3) is 5.65 Å². The highest BCUT2D eigenvalue weighted by atomic mass is 32.2. The van der Waals surface area contributed by atoms with E-state index in [4.69, 9.17) is 5.73 Å². The summed E-state index contributed by atoms with van der Waals surface area (Å²) in [5, 5.41) is 0. The van der Waals surface area contributed by atoms with Crippen LogP contribution >= 0.6 is 11.8 Å². The summed E-state index contributed by atoms with van der Waals surface area (Å²) >= 11 is 1.41. The van der Waals surface area contributed by atoms with Crippen LogP contribution in [0.1, 0.15) is 5.69 Å². The van der Waals surface area contributed by atoms with Crippen LogP contribution in [0.4, 0.5) is 10.1 Å². The van der Waals surface area contributed by atoms with Crippen molar-refractivity contribution in [1.82, 2.24) is 9.38 Å². The molecule has 0 unspecified atom stereocenters. The van der Waals surface area contributed by atoms with Gasteiger partial charge < -0.3 is 5.73 Å². The number of fused-ring (bicyclic) bond motifs is 1. The zero-order valence-electron chi connectivity index (χ0n) is 11.0. The van der Waals surface area contributed by atoms with Gasteiger partial charge in [0.05, 0.1) is 11.4 Å². The van der Waals surface area contributed by atoms with Gasteiger partial charge in [-0.05, 0) is 30.3 Å². The molecule has 0 amide bonds. The predicted octanol–water partition coefficient (Wildman–Crippen LogP) is 2.71. The van der Waals surface area contributed by atoms with Crippen molar-refractivity contribution >= 4 is 23.1 Å². The van der Waals surface area contributed by atoms with Gasteiger partial charge >= 0.3 is 0 Å². The zero-order chi connectivity index (χ0) is 14.8. The smallest absolute Gasteiger partial charge is 0.258 e. The van der Waals surface area contributed by atoms with Crippen LogP contribution in [0.3, 0.4) is 0 Å². The largest absolute Gasteiger partial charge is 0.396 e. The Morgan fingerprint density at radius 2 is 2.10 bits per heavy atom. The Balaban J connectivity index is 1.85. The van der Waals surface area contributed by atoms with E-state index in [0.29, 0.717) is 17.1 Å². The van der Waals surface area contributed by atoms with Gasteiger partial charge in [-0.3, -0.25) is 9.20 Å². The second-order valence-electron chi connectivity index (χ2n) is 4.49. The van der Waals surface area contributed by atoms with Gasteiger partial charge in [-0.2, -0.15) is 0 Å². The lowest BCUT2D eigenvalue weighted by molar-refractivity contribution is 0.629. The summed E-state index contributed by atoms with van der Waals surface area (Å²) in [5.41, 5.74) is 6.70. The van der Waals surface area contributed by atoms with Gasteiger partial charge in [-0.15, -0.1) is 11.8 Å². The first kappa shape index (κ1) is 13.6. The molecule has 0 fully saturated rings. The summed E-state index contributed by atoms with van der Waals surface area (Å²) in [6, 6.07) is 11.5. The molecule has 21 heavy (non-hydrogen) atoms. The van der Waals surface area contributed by atoms with Crippen molar-refractivity contribution < 1.29 is 4.39 Å². The lowest BCUT2D eigenvalue weighted by Crippen LogP contribution is -2.14. The Morgan fingerprint density at radius 1 is 1.24 bits per heavy atom. The fourth-order valence-electron chi connectivity index (χ4n) is 1.93. The predicted molar refractivity (Wildman–Crippen MR) is 81.8 cm³/mol. The molecule has 0 spiro atoms. The standard InChI is InChI=1S/C15H12FN3OS/c16-12-8-11(4-5-13(12)17)21-9-10-7-15(20)19-6-2-1-3-14(19)18-10/h1-8H,9,17H2. The second-order valence-corrected chi connectivity index (χ2v) is 5.54. The Morgan fingerprint density at radius 3 is 2.90 bits per heavy atom. The van der Waals surface area contributed by atoms with E-state index in [1.54, 1.807) is 24.4 Å². The molecule has 2 aromatic heterocycles. The average Bonchev–Trinajstić information content (AvgIpc) is 2.49. The number of benzene rings is 1. The van der Waals surface area contributed by atoms with Gasteiger partial charge in [0.25, 0.3) is 5.56 Å². The number of nitrogen functional groups attached to an aromatic ring is 1. The number of nitrogens with zero attached hydrogens (tertiary/aromatic N) is 2. The molecule has 2 N–H and O–H groups in total. The molecule has 1 aromatic carbocycles. The third kappa shape index (κ3) is 2.90.